The van der Waals surface area contributed by atoms with Gasteiger partial charge in [-0.1, -0.05) is 83.3 Å². The largest absolute Gasteiger partial charge is 0.505 e. The molecule has 5 rings (SSSR count). The van der Waals surface area contributed by atoms with E-state index < -0.39 is 15.8 Å². The molecule has 0 aliphatic carbocycles. The standard InChI is InChI=1S/C29H23Cl3N2O3S/c30-24-10-8-21(9-11-24)23-6-3-4-20(16-23)19-34(15-14-33-13-12-22-5-1-2-7-27(22)33)38(36,37)28-18-25(31)17-26(32)29(28)35/h1-13,16-18,35H,14-15,19H2. The molecule has 5 aromatic rings. The first-order chi connectivity index (χ1) is 18.2. The fourth-order valence-corrected chi connectivity index (χ4v) is 6.70. The van der Waals surface area contributed by atoms with Gasteiger partial charge in [-0.05, 0) is 64.5 Å². The van der Waals surface area contributed by atoms with Crippen molar-refractivity contribution in [2.24, 2.45) is 0 Å². The molecule has 0 aliphatic rings. The van der Waals surface area contributed by atoms with Crippen molar-refractivity contribution >= 4 is 55.7 Å². The first kappa shape index (κ1) is 26.6. The highest BCUT2D eigenvalue weighted by Gasteiger charge is 2.29. The molecule has 0 radical (unpaired) electrons. The molecule has 0 saturated heterocycles. The lowest BCUT2D eigenvalue weighted by atomic mass is 10.0. The van der Waals surface area contributed by atoms with Crippen LogP contribution in [0.4, 0.5) is 0 Å². The Morgan fingerprint density at radius 1 is 0.789 bits per heavy atom. The van der Waals surface area contributed by atoms with Crippen LogP contribution in [0.2, 0.25) is 15.1 Å². The molecule has 194 valence electrons. The third kappa shape index (κ3) is 5.55. The number of nitrogens with zero attached hydrogens (tertiary/aromatic N) is 2. The van der Waals surface area contributed by atoms with Crippen LogP contribution in [0.3, 0.4) is 0 Å². The minimum absolute atomic E-state index is 0.0759. The minimum Gasteiger partial charge on any atom is -0.505 e. The molecular weight excluding hydrogens is 563 g/mol. The zero-order chi connectivity index (χ0) is 26.9. The summed E-state index contributed by atoms with van der Waals surface area (Å²) in [4.78, 5) is -0.332. The van der Waals surface area contributed by atoms with Crippen molar-refractivity contribution in [2.45, 2.75) is 18.0 Å². The van der Waals surface area contributed by atoms with Crippen LogP contribution < -0.4 is 0 Å². The summed E-state index contributed by atoms with van der Waals surface area (Å²) in [6.07, 6.45) is 1.93. The van der Waals surface area contributed by atoms with Gasteiger partial charge in [0.2, 0.25) is 10.0 Å². The van der Waals surface area contributed by atoms with Crippen LogP contribution in [-0.2, 0) is 23.1 Å². The number of phenols is 1. The predicted octanol–water partition coefficient (Wildman–Crippen LogP) is 7.87. The molecule has 0 unspecified atom stereocenters. The number of hydrogen-bond acceptors (Lipinski definition) is 3. The van der Waals surface area contributed by atoms with Gasteiger partial charge in [-0.2, -0.15) is 4.31 Å². The Balaban J connectivity index is 1.51. The summed E-state index contributed by atoms with van der Waals surface area (Å²) in [5.41, 5.74) is 3.68. The number of rotatable bonds is 8. The second-order valence-corrected chi connectivity index (χ2v) is 12.0. The van der Waals surface area contributed by atoms with E-state index in [9.17, 15) is 13.5 Å². The SMILES string of the molecule is O=S(=O)(c1cc(Cl)cc(Cl)c1O)N(CCn1ccc2ccccc21)Cc1cccc(-c2ccc(Cl)cc2)c1. The summed E-state index contributed by atoms with van der Waals surface area (Å²) < 4.78 is 31.1. The van der Waals surface area contributed by atoms with Crippen molar-refractivity contribution < 1.29 is 13.5 Å². The Labute approximate surface area is 236 Å². The van der Waals surface area contributed by atoms with Crippen LogP contribution >= 0.6 is 34.8 Å². The molecule has 38 heavy (non-hydrogen) atoms. The Hall–Kier alpha value is -3.00. The Kier molecular flexibility index (Phi) is 7.70. The van der Waals surface area contributed by atoms with E-state index in [1.807, 2.05) is 89.6 Å². The van der Waals surface area contributed by atoms with E-state index in [-0.39, 0.29) is 28.0 Å². The second kappa shape index (κ2) is 11.0. The smallest absolute Gasteiger partial charge is 0.247 e. The first-order valence-electron chi connectivity index (χ1n) is 11.8. The van der Waals surface area contributed by atoms with E-state index >= 15 is 0 Å². The highest BCUT2D eigenvalue weighted by atomic mass is 35.5. The molecule has 0 fully saturated rings. The molecule has 1 N–H and O–H groups in total. The van der Waals surface area contributed by atoms with Crippen molar-refractivity contribution in [1.29, 1.82) is 0 Å². The highest BCUT2D eigenvalue weighted by molar-refractivity contribution is 7.89. The molecule has 0 spiro atoms. The molecule has 0 amide bonds. The first-order valence-corrected chi connectivity index (χ1v) is 14.4. The summed E-state index contributed by atoms with van der Waals surface area (Å²) in [5.74, 6) is -0.526. The number of fused-ring (bicyclic) bond motifs is 1. The molecular formula is C29H23Cl3N2O3S. The molecule has 0 atom stereocenters. The summed E-state index contributed by atoms with van der Waals surface area (Å²) in [5, 5.41) is 12.3. The minimum atomic E-state index is -4.18. The number of phenolic OH excluding ortho intramolecular Hbond substituents is 1. The van der Waals surface area contributed by atoms with Crippen molar-refractivity contribution in [3.05, 3.63) is 118 Å². The summed E-state index contributed by atoms with van der Waals surface area (Å²) in [6.45, 7) is 0.626. The van der Waals surface area contributed by atoms with E-state index in [0.29, 0.717) is 11.6 Å². The van der Waals surface area contributed by atoms with Crippen molar-refractivity contribution in [2.75, 3.05) is 6.54 Å². The summed E-state index contributed by atoms with van der Waals surface area (Å²) >= 11 is 18.2. The molecule has 4 aromatic carbocycles. The van der Waals surface area contributed by atoms with Gasteiger partial charge in [-0.3, -0.25) is 0 Å². The van der Waals surface area contributed by atoms with Gasteiger partial charge < -0.3 is 9.67 Å². The molecule has 1 heterocycles. The van der Waals surface area contributed by atoms with Crippen molar-refractivity contribution in [3.63, 3.8) is 0 Å². The maximum absolute atomic E-state index is 13.9. The molecule has 0 aliphatic heterocycles. The lowest BCUT2D eigenvalue weighted by molar-refractivity contribution is 0.384. The van der Waals surface area contributed by atoms with Crippen LogP contribution in [-0.4, -0.2) is 28.9 Å². The normalized spacial score (nSPS) is 11.9. The molecule has 9 heteroatoms. The van der Waals surface area contributed by atoms with Gasteiger partial charge in [0.25, 0.3) is 0 Å². The molecule has 0 bridgehead atoms. The number of halogens is 3. The fourth-order valence-electron chi connectivity index (χ4n) is 4.41. The average Bonchev–Trinajstić information content (AvgIpc) is 3.32. The van der Waals surface area contributed by atoms with Gasteiger partial charge in [-0.15, -0.1) is 0 Å². The number of para-hydroxylation sites is 1. The van der Waals surface area contributed by atoms with Gasteiger partial charge >= 0.3 is 0 Å². The van der Waals surface area contributed by atoms with Gasteiger partial charge in [0.05, 0.1) is 5.02 Å². The van der Waals surface area contributed by atoms with E-state index in [1.165, 1.54) is 16.4 Å². The van der Waals surface area contributed by atoms with Crippen LogP contribution in [0.1, 0.15) is 5.56 Å². The Morgan fingerprint density at radius 3 is 2.34 bits per heavy atom. The Morgan fingerprint density at radius 2 is 1.55 bits per heavy atom. The van der Waals surface area contributed by atoms with Crippen molar-refractivity contribution in [3.8, 4) is 16.9 Å². The topological polar surface area (TPSA) is 62.5 Å². The quantitative estimate of drug-likeness (QED) is 0.202. The monoisotopic (exact) mass is 584 g/mol. The highest BCUT2D eigenvalue weighted by Crippen LogP contribution is 2.36. The van der Waals surface area contributed by atoms with E-state index in [2.05, 4.69) is 0 Å². The van der Waals surface area contributed by atoms with E-state index in [4.69, 9.17) is 34.8 Å². The van der Waals surface area contributed by atoms with E-state index in [0.717, 1.165) is 27.6 Å². The van der Waals surface area contributed by atoms with Crippen LogP contribution in [0.15, 0.2) is 102 Å². The lowest BCUT2D eigenvalue weighted by Crippen LogP contribution is -2.33. The summed E-state index contributed by atoms with van der Waals surface area (Å²) in [6, 6.07) is 27.6. The molecule has 0 saturated carbocycles. The van der Waals surface area contributed by atoms with Crippen LogP contribution in [0.25, 0.3) is 22.0 Å². The third-order valence-corrected chi connectivity index (χ3v) is 8.96. The van der Waals surface area contributed by atoms with Crippen LogP contribution in [0.5, 0.6) is 5.75 Å². The predicted molar refractivity (Wildman–Crippen MR) is 155 cm³/mol. The number of aromatic nitrogens is 1. The number of benzene rings is 4. The summed E-state index contributed by atoms with van der Waals surface area (Å²) in [7, 11) is -4.18. The van der Waals surface area contributed by atoms with Gasteiger partial charge in [0.1, 0.15) is 4.90 Å². The van der Waals surface area contributed by atoms with Crippen LogP contribution in [0, 0.1) is 0 Å². The van der Waals surface area contributed by atoms with E-state index in [1.54, 1.807) is 0 Å². The number of hydrogen-bond donors (Lipinski definition) is 1. The van der Waals surface area contributed by atoms with Gasteiger partial charge in [0.15, 0.2) is 5.75 Å². The lowest BCUT2D eigenvalue weighted by Gasteiger charge is -2.24. The maximum atomic E-state index is 13.9. The third-order valence-electron chi connectivity index (χ3n) is 6.35. The number of aromatic hydroxyl groups is 1. The molecule has 1 aromatic heterocycles. The van der Waals surface area contributed by atoms with Gasteiger partial charge in [-0.25, -0.2) is 8.42 Å². The molecule has 5 nitrogen and oxygen atoms in total. The fraction of sp³-hybridized carbons (Fsp3) is 0.103. The average molecular weight is 586 g/mol. The Bertz CT molecular complexity index is 1720. The zero-order valence-electron chi connectivity index (χ0n) is 20.1. The maximum Gasteiger partial charge on any atom is 0.247 e. The van der Waals surface area contributed by atoms with Crippen molar-refractivity contribution in [1.82, 2.24) is 8.87 Å². The second-order valence-electron chi connectivity index (χ2n) is 8.85. The van der Waals surface area contributed by atoms with Gasteiger partial charge in [0, 0.05) is 41.4 Å². The zero-order valence-corrected chi connectivity index (χ0v) is 23.1. The number of sulfonamides is 1.